The molecule has 40 heavy (non-hydrogen) atoms. The minimum atomic E-state index is -0.507. The Morgan fingerprint density at radius 2 is 1.75 bits per heavy atom. The Kier molecular flexibility index (Phi) is 6.98. The van der Waals surface area contributed by atoms with Crippen molar-refractivity contribution >= 4 is 40.8 Å². The number of aliphatic imine (C=N–C) groups is 1. The van der Waals surface area contributed by atoms with Crippen molar-refractivity contribution in [3.05, 3.63) is 117 Å². The van der Waals surface area contributed by atoms with E-state index in [0.717, 1.165) is 16.8 Å². The van der Waals surface area contributed by atoms with E-state index in [1.165, 1.54) is 6.07 Å². The predicted octanol–water partition coefficient (Wildman–Crippen LogP) is 5.93. The molecule has 4 N–H and O–H groups in total. The topological polar surface area (TPSA) is 116 Å². The second-order valence-corrected chi connectivity index (χ2v) is 11.3. The number of H-pyrrole nitrogens is 1. The quantitative estimate of drug-likeness (QED) is 0.214. The highest BCUT2D eigenvalue weighted by Gasteiger charge is 2.48. The molecule has 3 aromatic carbocycles. The van der Waals surface area contributed by atoms with Crippen molar-refractivity contribution in [1.82, 2.24) is 9.97 Å². The number of amides is 1. The van der Waals surface area contributed by atoms with E-state index in [1.807, 2.05) is 77.7 Å². The van der Waals surface area contributed by atoms with Gasteiger partial charge in [0.25, 0.3) is 11.5 Å². The van der Waals surface area contributed by atoms with Crippen LogP contribution in [0.1, 0.15) is 54.4 Å². The molecule has 0 radical (unpaired) electrons. The number of aromatic amines is 1. The summed E-state index contributed by atoms with van der Waals surface area (Å²) in [6.07, 6.45) is 0.661. The van der Waals surface area contributed by atoms with Crippen molar-refractivity contribution < 1.29 is 4.79 Å². The molecule has 1 amide bonds. The molecule has 8 nitrogen and oxygen atoms in total. The van der Waals surface area contributed by atoms with Crippen LogP contribution in [0.25, 0.3) is 0 Å². The summed E-state index contributed by atoms with van der Waals surface area (Å²) >= 11 is 6.24. The Bertz CT molecular complexity index is 1660. The molecule has 4 aromatic rings. The zero-order valence-electron chi connectivity index (χ0n) is 22.8. The fraction of sp³-hybridized carbons (Fsp3) is 0.226. The molecule has 0 bridgehead atoms. The number of carbonyl (C=O) groups excluding carboxylic acids is 1. The summed E-state index contributed by atoms with van der Waals surface area (Å²) in [6.45, 7) is 8.08. The van der Waals surface area contributed by atoms with Gasteiger partial charge in [-0.1, -0.05) is 48.9 Å². The highest BCUT2D eigenvalue weighted by Crippen LogP contribution is 2.51. The van der Waals surface area contributed by atoms with Crippen LogP contribution in [0.3, 0.4) is 0 Å². The Labute approximate surface area is 237 Å². The maximum Gasteiger partial charge on any atom is 0.258 e. The van der Waals surface area contributed by atoms with Crippen molar-refractivity contribution in [2.75, 3.05) is 10.2 Å². The van der Waals surface area contributed by atoms with Gasteiger partial charge in [0.1, 0.15) is 0 Å². The van der Waals surface area contributed by atoms with Gasteiger partial charge in [-0.3, -0.25) is 14.6 Å². The Balaban J connectivity index is 1.62. The minimum Gasteiger partial charge on any atom is -0.369 e. The lowest BCUT2D eigenvalue weighted by Gasteiger charge is -2.51. The van der Waals surface area contributed by atoms with Gasteiger partial charge in [-0.2, -0.15) is 4.99 Å². The average Bonchev–Trinajstić information content (AvgIpc) is 2.88. The van der Waals surface area contributed by atoms with Gasteiger partial charge >= 0.3 is 0 Å². The smallest absolute Gasteiger partial charge is 0.258 e. The lowest BCUT2D eigenvalue weighted by molar-refractivity contribution is 0.0948. The number of carbonyl (C=O) groups is 1. The number of benzene rings is 3. The second-order valence-electron chi connectivity index (χ2n) is 10.9. The Morgan fingerprint density at radius 1 is 1.05 bits per heavy atom. The number of nitrogens with zero attached hydrogens (tertiary/aromatic N) is 3. The molecule has 9 heteroatoms. The zero-order valence-corrected chi connectivity index (χ0v) is 23.6. The molecule has 1 aromatic heterocycles. The highest BCUT2D eigenvalue weighted by atomic mass is 35.5. The highest BCUT2D eigenvalue weighted by molar-refractivity contribution is 6.30. The van der Waals surface area contributed by atoms with Gasteiger partial charge < -0.3 is 16.0 Å². The number of rotatable bonds is 4. The first-order chi connectivity index (χ1) is 19.0. The largest absolute Gasteiger partial charge is 0.369 e. The Hall–Kier alpha value is -4.43. The first kappa shape index (κ1) is 27.1. The molecule has 0 saturated heterocycles. The fourth-order valence-electron chi connectivity index (χ4n) is 5.69. The summed E-state index contributed by atoms with van der Waals surface area (Å²) in [6, 6.07) is 24.3. The van der Waals surface area contributed by atoms with Crippen LogP contribution in [0.5, 0.6) is 0 Å². The number of nitrogens with two attached hydrogens (primary N) is 1. The maximum absolute atomic E-state index is 13.9. The second kappa shape index (κ2) is 10.3. The predicted molar refractivity (Wildman–Crippen MR) is 161 cm³/mol. The third-order valence-corrected chi connectivity index (χ3v) is 7.54. The molecule has 1 aliphatic heterocycles. The third-order valence-electron chi connectivity index (χ3n) is 7.28. The van der Waals surface area contributed by atoms with Gasteiger partial charge in [0.15, 0.2) is 0 Å². The maximum atomic E-state index is 13.9. The number of guanidine groups is 1. The summed E-state index contributed by atoms with van der Waals surface area (Å²) in [7, 11) is 0. The van der Waals surface area contributed by atoms with Crippen molar-refractivity contribution in [2.24, 2.45) is 10.7 Å². The van der Waals surface area contributed by atoms with E-state index in [-0.39, 0.29) is 23.4 Å². The lowest BCUT2D eigenvalue weighted by Crippen LogP contribution is -2.55. The van der Waals surface area contributed by atoms with Crippen LogP contribution >= 0.6 is 11.6 Å². The minimum absolute atomic E-state index is 0.0650. The fourth-order valence-corrected chi connectivity index (χ4v) is 5.82. The van der Waals surface area contributed by atoms with Crippen LogP contribution in [-0.2, 0) is 5.41 Å². The molecule has 0 saturated carbocycles. The van der Waals surface area contributed by atoms with Gasteiger partial charge in [0, 0.05) is 44.7 Å². The van der Waals surface area contributed by atoms with Crippen molar-refractivity contribution in [2.45, 2.75) is 45.1 Å². The first-order valence-electron chi connectivity index (χ1n) is 13.0. The number of hydrogen-bond acceptors (Lipinski definition) is 4. The summed E-state index contributed by atoms with van der Waals surface area (Å²) < 4.78 is 0. The van der Waals surface area contributed by atoms with E-state index in [1.54, 1.807) is 6.92 Å². The standard InChI is InChI=1S/C31H31ClN6O2/c1-19-16-26(39)36-29(34-19)37-28(33)35-23-14-15-25-24(17-23)31(4,21-10-12-22(32)13-11-21)18-30(2,3)38(25)27(40)20-8-6-5-7-9-20/h5-17H,18H2,1-4H3,(H4,33,34,35,36,37,39). The first-order valence-corrected chi connectivity index (χ1v) is 13.3. The van der Waals surface area contributed by atoms with Crippen LogP contribution in [0.2, 0.25) is 5.02 Å². The van der Waals surface area contributed by atoms with Crippen LogP contribution in [0.4, 0.5) is 17.3 Å². The molecule has 1 unspecified atom stereocenters. The number of nitrogens with one attached hydrogen (secondary N) is 2. The number of fused-ring (bicyclic) bond motifs is 1. The van der Waals surface area contributed by atoms with Gasteiger partial charge in [0.2, 0.25) is 11.9 Å². The normalized spacial score (nSPS) is 18.2. The number of aryl methyl sites for hydroxylation is 1. The van der Waals surface area contributed by atoms with E-state index in [4.69, 9.17) is 17.3 Å². The molecule has 2 heterocycles. The molecular weight excluding hydrogens is 524 g/mol. The monoisotopic (exact) mass is 554 g/mol. The molecule has 5 rings (SSSR count). The van der Waals surface area contributed by atoms with Crippen molar-refractivity contribution in [1.29, 1.82) is 0 Å². The summed E-state index contributed by atoms with van der Waals surface area (Å²) in [5, 5.41) is 3.77. The number of hydrogen-bond donors (Lipinski definition) is 3. The van der Waals surface area contributed by atoms with E-state index >= 15 is 0 Å². The Morgan fingerprint density at radius 3 is 2.42 bits per heavy atom. The summed E-state index contributed by atoms with van der Waals surface area (Å²) in [5.41, 5.74) is 9.62. The average molecular weight is 555 g/mol. The van der Waals surface area contributed by atoms with Crippen molar-refractivity contribution in [3.8, 4) is 0 Å². The number of aromatic nitrogens is 2. The van der Waals surface area contributed by atoms with Gasteiger partial charge in [0.05, 0.1) is 0 Å². The summed E-state index contributed by atoms with van der Waals surface area (Å²) in [4.78, 5) is 38.6. The number of halogens is 1. The molecule has 0 aliphatic carbocycles. The van der Waals surface area contributed by atoms with Gasteiger partial charge in [-0.15, -0.1) is 0 Å². The molecule has 0 spiro atoms. The molecule has 0 fully saturated rings. The van der Waals surface area contributed by atoms with E-state index in [2.05, 4.69) is 41.0 Å². The molecule has 204 valence electrons. The van der Waals surface area contributed by atoms with Crippen LogP contribution in [-0.4, -0.2) is 27.4 Å². The van der Waals surface area contributed by atoms with Crippen molar-refractivity contribution in [3.63, 3.8) is 0 Å². The van der Waals surface area contributed by atoms with Crippen LogP contribution in [0.15, 0.2) is 88.6 Å². The van der Waals surface area contributed by atoms with E-state index < -0.39 is 11.0 Å². The van der Waals surface area contributed by atoms with Gasteiger partial charge in [-0.25, -0.2) is 4.98 Å². The lowest BCUT2D eigenvalue weighted by atomic mass is 9.65. The SMILES string of the molecule is Cc1cc(=O)[nH]c(/N=C(\N)Nc2ccc3c(c2)C(C)(c2ccc(Cl)cc2)CC(C)(C)N3C(=O)c2ccccc2)n1. The number of anilines is 2. The molecule has 1 aliphatic rings. The van der Waals surface area contributed by atoms with Crippen LogP contribution in [0, 0.1) is 6.92 Å². The zero-order chi connectivity index (χ0) is 28.7. The van der Waals surface area contributed by atoms with Crippen LogP contribution < -0.4 is 21.5 Å². The summed E-state index contributed by atoms with van der Waals surface area (Å²) in [5.74, 6) is 0.108. The van der Waals surface area contributed by atoms with E-state index in [9.17, 15) is 9.59 Å². The van der Waals surface area contributed by atoms with Gasteiger partial charge in [-0.05, 0) is 80.8 Å². The third kappa shape index (κ3) is 5.22. The molecule has 1 atom stereocenters. The van der Waals surface area contributed by atoms with E-state index in [0.29, 0.717) is 28.4 Å². The molecular formula is C31H31ClN6O2.